The fraction of sp³-hybridized carbons (Fsp3) is 0.818. The molecule has 0 amide bonds. The highest BCUT2D eigenvalue weighted by atomic mass is 16.4. The molecule has 0 radical (unpaired) electrons. The molecule has 11 heteroatoms. The van der Waals surface area contributed by atoms with Gasteiger partial charge in [-0.05, 0) is 0 Å². The average Bonchev–Trinajstić information content (AvgIpc) is 2.56. The van der Waals surface area contributed by atoms with Crippen molar-refractivity contribution in [1.29, 1.82) is 0 Å². The molecule has 0 aromatic rings. The molecule has 0 aromatic heterocycles. The van der Waals surface area contributed by atoms with Crippen LogP contribution in [-0.2, 0) is 9.59 Å². The summed E-state index contributed by atoms with van der Waals surface area (Å²) in [5, 5.41) is 77.6. The van der Waals surface area contributed by atoms with Gasteiger partial charge in [0.25, 0.3) is 0 Å². The Balaban J connectivity index is 0. The number of carbonyl (C=O) groups is 2. The van der Waals surface area contributed by atoms with Crippen LogP contribution in [0.4, 0.5) is 0 Å². The van der Waals surface area contributed by atoms with Gasteiger partial charge in [-0.2, -0.15) is 0 Å². The van der Waals surface area contributed by atoms with E-state index >= 15 is 0 Å². The van der Waals surface area contributed by atoms with Crippen LogP contribution in [0.3, 0.4) is 0 Å². The van der Waals surface area contributed by atoms with Crippen LogP contribution in [0.1, 0.15) is 0 Å². The van der Waals surface area contributed by atoms with Gasteiger partial charge in [-0.25, -0.2) is 0 Å². The molecular weight excluding hydrogens is 308 g/mol. The Labute approximate surface area is 125 Å². The maximum Gasteiger partial charge on any atom is 0.151 e. The van der Waals surface area contributed by atoms with Crippen molar-refractivity contribution in [1.82, 2.24) is 0 Å². The van der Waals surface area contributed by atoms with E-state index in [-0.39, 0.29) is 12.6 Å². The molecule has 0 bridgehead atoms. The fourth-order valence-electron chi connectivity index (χ4n) is 1.03. The lowest BCUT2D eigenvalue weighted by molar-refractivity contribution is -0.136. The number of hydrogen-bond acceptors (Lipinski definition) is 11. The SMILES string of the molecule is O=CC(O)C(O)C(O)C(O)CO.O=CC(O)C(O)C(O)CO. The molecule has 7 atom stereocenters. The molecule has 0 rings (SSSR count). The van der Waals surface area contributed by atoms with Gasteiger partial charge in [0.05, 0.1) is 13.2 Å². The Morgan fingerprint density at radius 2 is 0.909 bits per heavy atom. The Morgan fingerprint density at radius 3 is 1.23 bits per heavy atom. The summed E-state index contributed by atoms with van der Waals surface area (Å²) in [5.74, 6) is 0. The summed E-state index contributed by atoms with van der Waals surface area (Å²) in [4.78, 5) is 19.7. The number of aldehydes is 2. The average molecular weight is 330 g/mol. The maximum absolute atomic E-state index is 9.90. The van der Waals surface area contributed by atoms with Gasteiger partial charge in [0, 0.05) is 0 Å². The summed E-state index contributed by atoms with van der Waals surface area (Å²) < 4.78 is 0. The van der Waals surface area contributed by atoms with Crippen molar-refractivity contribution in [2.45, 2.75) is 42.7 Å². The molecule has 9 N–H and O–H groups in total. The van der Waals surface area contributed by atoms with Crippen LogP contribution in [-0.4, -0.2) is 114 Å². The first-order valence-electron chi connectivity index (χ1n) is 6.06. The van der Waals surface area contributed by atoms with Crippen molar-refractivity contribution in [2.75, 3.05) is 13.2 Å². The Hall–Kier alpha value is -1.02. The van der Waals surface area contributed by atoms with Crippen LogP contribution < -0.4 is 0 Å². The first kappa shape index (κ1) is 23.2. The van der Waals surface area contributed by atoms with Crippen molar-refractivity contribution in [3.63, 3.8) is 0 Å². The van der Waals surface area contributed by atoms with E-state index in [0.717, 1.165) is 0 Å². The van der Waals surface area contributed by atoms with Crippen LogP contribution in [0.2, 0.25) is 0 Å². The molecular formula is C11H22O11. The van der Waals surface area contributed by atoms with Gasteiger partial charge < -0.3 is 55.5 Å². The zero-order valence-corrected chi connectivity index (χ0v) is 11.5. The van der Waals surface area contributed by atoms with Crippen molar-refractivity contribution < 1.29 is 55.5 Å². The van der Waals surface area contributed by atoms with E-state index in [0.29, 0.717) is 0 Å². The van der Waals surface area contributed by atoms with Crippen LogP contribution in [0.25, 0.3) is 0 Å². The van der Waals surface area contributed by atoms with Gasteiger partial charge in [0.2, 0.25) is 0 Å². The highest BCUT2D eigenvalue weighted by molar-refractivity contribution is 5.57. The molecule has 22 heavy (non-hydrogen) atoms. The van der Waals surface area contributed by atoms with E-state index < -0.39 is 55.9 Å². The third-order valence-corrected chi connectivity index (χ3v) is 2.49. The first-order valence-corrected chi connectivity index (χ1v) is 6.06. The summed E-state index contributed by atoms with van der Waals surface area (Å²) in [6.45, 7) is -1.45. The number of carbonyl (C=O) groups excluding carboxylic acids is 2. The molecule has 0 aliphatic rings. The topological polar surface area (TPSA) is 216 Å². The van der Waals surface area contributed by atoms with E-state index in [1.165, 1.54) is 0 Å². The lowest BCUT2D eigenvalue weighted by Crippen LogP contribution is -2.46. The second-order valence-electron chi connectivity index (χ2n) is 4.22. The molecule has 0 fully saturated rings. The Bertz CT molecular complexity index is 300. The summed E-state index contributed by atoms with van der Waals surface area (Å²) in [6.07, 6.45) is -11.5. The van der Waals surface area contributed by atoms with E-state index in [2.05, 4.69) is 0 Å². The largest absolute Gasteiger partial charge is 0.394 e. The van der Waals surface area contributed by atoms with Crippen LogP contribution >= 0.6 is 0 Å². The highest BCUT2D eigenvalue weighted by Gasteiger charge is 2.29. The first-order chi connectivity index (χ1) is 10.2. The standard InChI is InChI=1S/C6H12O6.C5H10O5/c7-1-3(9)5(11)6(12)4(10)2-8;6-1-3(8)5(10)4(9)2-7/h1,3-6,8-12H,2H2;1,3-5,7-10H,2H2. The van der Waals surface area contributed by atoms with Gasteiger partial charge >= 0.3 is 0 Å². The minimum Gasteiger partial charge on any atom is -0.394 e. The van der Waals surface area contributed by atoms with Gasteiger partial charge in [-0.15, -0.1) is 0 Å². The minimum absolute atomic E-state index is 0.0258. The minimum atomic E-state index is -1.79. The normalized spacial score (nSPS) is 20.4. The molecule has 0 aliphatic heterocycles. The quantitative estimate of drug-likeness (QED) is 0.181. The molecule has 0 aliphatic carbocycles. The lowest BCUT2D eigenvalue weighted by Gasteiger charge is -2.22. The van der Waals surface area contributed by atoms with E-state index in [1.54, 1.807) is 0 Å². The second-order valence-corrected chi connectivity index (χ2v) is 4.22. The van der Waals surface area contributed by atoms with Gasteiger partial charge in [-0.1, -0.05) is 0 Å². The van der Waals surface area contributed by atoms with Crippen molar-refractivity contribution in [3.05, 3.63) is 0 Å². The second kappa shape index (κ2) is 12.5. The molecule has 0 saturated heterocycles. The predicted molar refractivity (Wildman–Crippen MR) is 68.3 cm³/mol. The molecule has 0 spiro atoms. The zero-order valence-electron chi connectivity index (χ0n) is 11.5. The number of hydrogen-bond donors (Lipinski definition) is 9. The number of aliphatic hydroxyl groups is 9. The lowest BCUT2D eigenvalue weighted by atomic mass is 10.0. The summed E-state index contributed by atoms with van der Waals surface area (Å²) in [5.41, 5.74) is 0. The highest BCUT2D eigenvalue weighted by Crippen LogP contribution is 2.03. The summed E-state index contributed by atoms with van der Waals surface area (Å²) >= 11 is 0. The Morgan fingerprint density at radius 1 is 0.591 bits per heavy atom. The third kappa shape index (κ3) is 8.43. The Kier molecular flexibility index (Phi) is 13.2. The van der Waals surface area contributed by atoms with Gasteiger partial charge in [-0.3, -0.25) is 0 Å². The van der Waals surface area contributed by atoms with Crippen LogP contribution in [0, 0.1) is 0 Å². The molecule has 7 unspecified atom stereocenters. The van der Waals surface area contributed by atoms with Crippen LogP contribution in [0.15, 0.2) is 0 Å². The summed E-state index contributed by atoms with van der Waals surface area (Å²) in [7, 11) is 0. The summed E-state index contributed by atoms with van der Waals surface area (Å²) in [6, 6.07) is 0. The number of aliphatic hydroxyl groups excluding tert-OH is 9. The van der Waals surface area contributed by atoms with Gasteiger partial charge in [0.1, 0.15) is 42.7 Å². The monoisotopic (exact) mass is 330 g/mol. The van der Waals surface area contributed by atoms with Crippen LogP contribution in [0.5, 0.6) is 0 Å². The predicted octanol–water partition coefficient (Wildman–Crippen LogP) is -6.12. The van der Waals surface area contributed by atoms with Crippen molar-refractivity contribution >= 4 is 12.6 Å². The van der Waals surface area contributed by atoms with Gasteiger partial charge in [0.15, 0.2) is 12.6 Å². The van der Waals surface area contributed by atoms with Crippen molar-refractivity contribution in [3.8, 4) is 0 Å². The number of rotatable bonds is 9. The van der Waals surface area contributed by atoms with E-state index in [4.69, 9.17) is 46.0 Å². The van der Waals surface area contributed by atoms with E-state index in [1.807, 2.05) is 0 Å². The fourth-order valence-corrected chi connectivity index (χ4v) is 1.03. The molecule has 0 saturated carbocycles. The van der Waals surface area contributed by atoms with E-state index in [9.17, 15) is 9.59 Å². The molecule has 132 valence electrons. The zero-order chi connectivity index (χ0) is 17.9. The van der Waals surface area contributed by atoms with Crippen molar-refractivity contribution in [2.24, 2.45) is 0 Å². The smallest absolute Gasteiger partial charge is 0.151 e. The third-order valence-electron chi connectivity index (χ3n) is 2.49. The molecule has 0 aromatic carbocycles. The molecule has 0 heterocycles. The molecule has 11 nitrogen and oxygen atoms in total. The maximum atomic E-state index is 9.90.